The largest absolute Gasteiger partial charge is 0.480 e. The van der Waals surface area contributed by atoms with Crippen LogP contribution in [-0.2, 0) is 24.1 Å². The summed E-state index contributed by atoms with van der Waals surface area (Å²) >= 11 is 14.6. The van der Waals surface area contributed by atoms with Crippen molar-refractivity contribution in [1.82, 2.24) is 4.90 Å². The molecule has 1 heterocycles. The molecule has 2 bridgehead atoms. The predicted molar refractivity (Wildman–Crippen MR) is 111 cm³/mol. The van der Waals surface area contributed by atoms with Crippen LogP contribution < -0.4 is 0 Å². The van der Waals surface area contributed by atoms with Crippen molar-refractivity contribution in [2.24, 2.45) is 17.8 Å². The zero-order chi connectivity index (χ0) is 21.6. The molecule has 154 valence electrons. The number of nitrogens with zero attached hydrogens (tertiary/aromatic N) is 1. The fraction of sp³-hybridized carbons (Fsp3) is 0.348. The van der Waals surface area contributed by atoms with E-state index in [4.69, 9.17) is 23.2 Å². The molecule has 2 aromatic carbocycles. The third-order valence-corrected chi connectivity index (χ3v) is 8.07. The maximum atomic E-state index is 13.7. The number of hydrogen-bond donors (Lipinski definition) is 1. The zero-order valence-corrected chi connectivity index (χ0v) is 17.8. The third-order valence-electron chi connectivity index (χ3n) is 6.78. The van der Waals surface area contributed by atoms with E-state index in [9.17, 15) is 19.5 Å². The van der Waals surface area contributed by atoms with Crippen molar-refractivity contribution in [3.63, 3.8) is 0 Å². The Morgan fingerprint density at radius 1 is 0.867 bits per heavy atom. The van der Waals surface area contributed by atoms with Crippen molar-refractivity contribution in [1.29, 1.82) is 0 Å². The van der Waals surface area contributed by atoms with Gasteiger partial charge in [-0.2, -0.15) is 0 Å². The Hall–Kier alpha value is -2.37. The maximum Gasteiger partial charge on any atom is 0.327 e. The Morgan fingerprint density at radius 2 is 1.20 bits per heavy atom. The lowest BCUT2D eigenvalue weighted by Gasteiger charge is -2.54. The maximum absolute atomic E-state index is 13.7. The van der Waals surface area contributed by atoms with Gasteiger partial charge in [0.15, 0.2) is 0 Å². The fourth-order valence-electron chi connectivity index (χ4n) is 5.66. The van der Waals surface area contributed by atoms with Crippen LogP contribution in [0.5, 0.6) is 0 Å². The van der Waals surface area contributed by atoms with Gasteiger partial charge in [-0.1, -0.05) is 62.4 Å². The normalized spacial score (nSPS) is 32.1. The molecule has 7 heteroatoms. The Labute approximate surface area is 183 Å². The number of amides is 2. The molecule has 4 aliphatic rings. The molecule has 6 rings (SSSR count). The number of aliphatic carboxylic acids is 1. The molecular formula is C23H19Cl2NO4. The second kappa shape index (κ2) is 6.08. The molecule has 2 aromatic rings. The van der Waals surface area contributed by atoms with Crippen LogP contribution in [0.1, 0.15) is 36.1 Å². The number of imide groups is 1. The van der Waals surface area contributed by atoms with Gasteiger partial charge < -0.3 is 5.11 Å². The van der Waals surface area contributed by atoms with Crippen molar-refractivity contribution in [2.45, 2.75) is 29.6 Å². The van der Waals surface area contributed by atoms with Gasteiger partial charge in [-0.25, -0.2) is 4.79 Å². The van der Waals surface area contributed by atoms with E-state index in [1.807, 2.05) is 48.5 Å². The average molecular weight is 444 g/mol. The van der Waals surface area contributed by atoms with Crippen LogP contribution in [0.15, 0.2) is 48.5 Å². The van der Waals surface area contributed by atoms with Gasteiger partial charge in [0.2, 0.25) is 11.8 Å². The summed E-state index contributed by atoms with van der Waals surface area (Å²) < 4.78 is 0. The van der Waals surface area contributed by atoms with E-state index in [2.05, 4.69) is 0 Å². The lowest BCUT2D eigenvalue weighted by atomic mass is 9.54. The van der Waals surface area contributed by atoms with Gasteiger partial charge in [-0.3, -0.25) is 14.5 Å². The van der Waals surface area contributed by atoms with Crippen molar-refractivity contribution in [3.8, 4) is 0 Å². The minimum Gasteiger partial charge on any atom is -0.480 e. The summed E-state index contributed by atoms with van der Waals surface area (Å²) in [5, 5.41) is 9.78. The molecule has 3 aliphatic carbocycles. The van der Waals surface area contributed by atoms with Crippen LogP contribution in [0.2, 0.25) is 0 Å². The molecule has 2 amide bonds. The smallest absolute Gasteiger partial charge is 0.327 e. The van der Waals surface area contributed by atoms with Crippen LogP contribution >= 0.6 is 23.2 Å². The second-order valence-corrected chi connectivity index (χ2v) is 9.74. The molecule has 1 N–H and O–H groups in total. The minimum absolute atomic E-state index is 0.462. The van der Waals surface area contributed by atoms with Crippen molar-refractivity contribution >= 4 is 41.0 Å². The highest BCUT2D eigenvalue weighted by atomic mass is 35.5. The van der Waals surface area contributed by atoms with E-state index in [0.29, 0.717) is 22.3 Å². The van der Waals surface area contributed by atoms with E-state index >= 15 is 0 Å². The summed E-state index contributed by atoms with van der Waals surface area (Å²) in [4.78, 5) is 37.6. The topological polar surface area (TPSA) is 74.7 Å². The van der Waals surface area contributed by atoms with Gasteiger partial charge >= 0.3 is 5.97 Å². The summed E-state index contributed by atoms with van der Waals surface area (Å²) in [5.74, 6) is -4.79. The number of likely N-dealkylation sites (tertiary alicyclic amines) is 1. The van der Waals surface area contributed by atoms with Gasteiger partial charge in [0, 0.05) is 0 Å². The fourth-order valence-corrected chi connectivity index (χ4v) is 6.75. The minimum atomic E-state index is -1.30. The number of carboxylic acids is 1. The standard InChI is InChI=1S/C23H19Cl2NO4/c1-11(2)18(21(29)30)26-19(27)16-17(20(26)28)23(25)13-8-4-3-7-12(13)22(16,24)14-9-5-6-10-15(14)23/h3-11,16-18H,1-2H3,(H,29,30)/t16-,17-,18-,22?,23?/m0/s1. The van der Waals surface area contributed by atoms with Crippen LogP contribution in [-0.4, -0.2) is 33.8 Å². The molecule has 0 saturated carbocycles. The molecule has 1 aliphatic heterocycles. The lowest BCUT2D eigenvalue weighted by Crippen LogP contribution is -2.57. The van der Waals surface area contributed by atoms with Gasteiger partial charge in [0.05, 0.1) is 11.8 Å². The number of carbonyl (C=O) groups is 3. The predicted octanol–water partition coefficient (Wildman–Crippen LogP) is 3.69. The summed E-state index contributed by atoms with van der Waals surface area (Å²) in [5.41, 5.74) is 2.78. The average Bonchev–Trinajstić information content (AvgIpc) is 2.98. The van der Waals surface area contributed by atoms with Gasteiger partial charge in [-0.05, 0) is 28.2 Å². The molecular weight excluding hydrogens is 425 g/mol. The highest BCUT2D eigenvalue weighted by molar-refractivity contribution is 6.36. The van der Waals surface area contributed by atoms with Crippen LogP contribution in [0, 0.1) is 17.8 Å². The Kier molecular flexibility index (Phi) is 3.97. The van der Waals surface area contributed by atoms with E-state index < -0.39 is 51.3 Å². The molecule has 1 saturated heterocycles. The number of benzene rings is 2. The van der Waals surface area contributed by atoms with Crippen LogP contribution in [0.4, 0.5) is 0 Å². The molecule has 30 heavy (non-hydrogen) atoms. The quantitative estimate of drug-likeness (QED) is 0.579. The van der Waals surface area contributed by atoms with E-state index in [-0.39, 0.29) is 0 Å². The molecule has 0 spiro atoms. The first-order valence-corrected chi connectivity index (χ1v) is 10.6. The summed E-state index contributed by atoms with van der Waals surface area (Å²) in [6.45, 7) is 3.35. The van der Waals surface area contributed by atoms with Crippen LogP contribution in [0.3, 0.4) is 0 Å². The van der Waals surface area contributed by atoms with E-state index in [1.54, 1.807) is 13.8 Å². The Bertz CT molecular complexity index is 1010. The third kappa shape index (κ3) is 2.02. The first-order valence-electron chi connectivity index (χ1n) is 9.84. The molecule has 5 nitrogen and oxygen atoms in total. The first kappa shape index (κ1) is 19.6. The number of carbonyl (C=O) groups excluding carboxylic acids is 2. The number of alkyl halides is 2. The van der Waals surface area contributed by atoms with Crippen molar-refractivity contribution < 1.29 is 19.5 Å². The highest BCUT2D eigenvalue weighted by Gasteiger charge is 2.73. The molecule has 1 fully saturated rings. The second-order valence-electron chi connectivity index (χ2n) is 8.54. The summed E-state index contributed by atoms with van der Waals surface area (Å²) in [7, 11) is 0. The van der Waals surface area contributed by atoms with Crippen molar-refractivity contribution in [3.05, 3.63) is 70.8 Å². The SMILES string of the molecule is CC(C)[C@@H](C(=O)O)N1C(=O)[C@@H]2[C@@H](C1=O)C1(Cl)c3ccccc3C2(Cl)c2ccccc21. The molecule has 0 unspecified atom stereocenters. The Balaban J connectivity index is 1.82. The molecule has 0 radical (unpaired) electrons. The van der Waals surface area contributed by atoms with E-state index in [1.165, 1.54) is 0 Å². The Morgan fingerprint density at radius 3 is 1.47 bits per heavy atom. The monoisotopic (exact) mass is 443 g/mol. The number of rotatable bonds is 3. The molecule has 0 aromatic heterocycles. The van der Waals surface area contributed by atoms with E-state index in [0.717, 1.165) is 4.90 Å². The number of carboxylic acid groups (broad SMARTS) is 1. The highest BCUT2D eigenvalue weighted by Crippen LogP contribution is 2.69. The lowest BCUT2D eigenvalue weighted by molar-refractivity contribution is -0.157. The summed E-state index contributed by atoms with van der Waals surface area (Å²) in [6, 6.07) is 13.4. The molecule has 3 atom stereocenters. The van der Waals surface area contributed by atoms with Gasteiger partial charge in [0.25, 0.3) is 0 Å². The first-order chi connectivity index (χ1) is 14.2. The van der Waals surface area contributed by atoms with Gasteiger partial charge in [0.1, 0.15) is 15.8 Å². The number of hydrogen-bond acceptors (Lipinski definition) is 3. The van der Waals surface area contributed by atoms with Crippen molar-refractivity contribution in [2.75, 3.05) is 0 Å². The summed E-state index contributed by atoms with van der Waals surface area (Å²) in [6.07, 6.45) is 0. The zero-order valence-electron chi connectivity index (χ0n) is 16.3. The van der Waals surface area contributed by atoms with Crippen LogP contribution in [0.25, 0.3) is 0 Å². The van der Waals surface area contributed by atoms with Gasteiger partial charge in [-0.15, -0.1) is 23.2 Å². The number of halogens is 2.